The molecule has 3 heterocycles. The highest BCUT2D eigenvalue weighted by atomic mass is 16.2. The van der Waals surface area contributed by atoms with Crippen LogP contribution in [0.1, 0.15) is 37.5 Å². The predicted molar refractivity (Wildman–Crippen MR) is 88.1 cm³/mol. The van der Waals surface area contributed by atoms with E-state index in [0.717, 1.165) is 18.7 Å². The summed E-state index contributed by atoms with van der Waals surface area (Å²) in [6.07, 6.45) is 6.41. The number of hydrogen-bond donors (Lipinski definition) is 1. The number of carbonyl (C=O) groups is 3. The predicted octanol–water partition coefficient (Wildman–Crippen LogP) is -0.179. The monoisotopic (exact) mass is 345 g/mol. The summed E-state index contributed by atoms with van der Waals surface area (Å²) in [7, 11) is 1.89. The van der Waals surface area contributed by atoms with E-state index in [-0.39, 0.29) is 42.3 Å². The molecule has 0 unspecified atom stereocenters. The number of likely N-dealkylation sites (tertiary alicyclic amines) is 1. The van der Waals surface area contributed by atoms with Crippen molar-refractivity contribution in [2.24, 2.45) is 13.0 Å². The van der Waals surface area contributed by atoms with E-state index < -0.39 is 0 Å². The second-order valence-corrected chi connectivity index (χ2v) is 7.13. The lowest BCUT2D eigenvalue weighted by Crippen LogP contribution is -2.55. The van der Waals surface area contributed by atoms with E-state index in [1.54, 1.807) is 11.1 Å². The summed E-state index contributed by atoms with van der Waals surface area (Å²) in [5, 5.41) is 2.75. The third kappa shape index (κ3) is 2.89. The number of hydrogen-bond acceptors (Lipinski definition) is 4. The topological polar surface area (TPSA) is 87.5 Å². The number of carbonyl (C=O) groups excluding carboxylic acids is 3. The number of rotatable bonds is 3. The standard InChI is InChI=1S/C17H23N5O3/c1-20-8-6-19-16(20)15-12(4-5-14(24)22(15)11-2-3-11)17(25)21-9-7-18-13(23)10-21/h6,8,11-12,15H,2-5,7,9-10H2,1H3,(H,18,23)/t12-,15-/m0/s1. The van der Waals surface area contributed by atoms with Crippen LogP contribution in [-0.2, 0) is 21.4 Å². The molecule has 0 bridgehead atoms. The zero-order valence-corrected chi connectivity index (χ0v) is 14.4. The zero-order valence-electron chi connectivity index (χ0n) is 14.4. The molecule has 1 saturated carbocycles. The lowest BCUT2D eigenvalue weighted by molar-refractivity contribution is -0.151. The van der Waals surface area contributed by atoms with E-state index in [2.05, 4.69) is 10.3 Å². The highest BCUT2D eigenvalue weighted by Crippen LogP contribution is 2.43. The number of aromatic nitrogens is 2. The van der Waals surface area contributed by atoms with Crippen molar-refractivity contribution in [1.29, 1.82) is 0 Å². The lowest BCUT2D eigenvalue weighted by atomic mass is 9.86. The van der Waals surface area contributed by atoms with Gasteiger partial charge in [-0.3, -0.25) is 14.4 Å². The molecule has 1 aliphatic carbocycles. The number of aryl methyl sites for hydroxylation is 1. The Morgan fingerprint density at radius 2 is 2.08 bits per heavy atom. The van der Waals surface area contributed by atoms with Crippen LogP contribution < -0.4 is 5.32 Å². The molecule has 3 aliphatic rings. The minimum Gasteiger partial charge on any atom is -0.353 e. The maximum Gasteiger partial charge on any atom is 0.239 e. The van der Waals surface area contributed by atoms with Crippen LogP contribution in [0.3, 0.4) is 0 Å². The van der Waals surface area contributed by atoms with Crippen LogP contribution in [0.4, 0.5) is 0 Å². The number of nitrogens with one attached hydrogen (secondary N) is 1. The first-order chi connectivity index (χ1) is 12.1. The second kappa shape index (κ2) is 6.16. The van der Waals surface area contributed by atoms with E-state index in [4.69, 9.17) is 0 Å². The first kappa shape index (κ1) is 16.1. The quantitative estimate of drug-likeness (QED) is 0.823. The van der Waals surface area contributed by atoms with E-state index in [1.807, 2.05) is 22.7 Å². The Morgan fingerprint density at radius 3 is 2.72 bits per heavy atom. The van der Waals surface area contributed by atoms with Crippen LogP contribution in [0, 0.1) is 5.92 Å². The van der Waals surface area contributed by atoms with E-state index >= 15 is 0 Å². The van der Waals surface area contributed by atoms with Gasteiger partial charge in [0, 0.05) is 45.0 Å². The Morgan fingerprint density at radius 1 is 1.28 bits per heavy atom. The van der Waals surface area contributed by atoms with Crippen molar-refractivity contribution in [3.8, 4) is 0 Å². The Bertz CT molecular complexity index is 711. The fourth-order valence-corrected chi connectivity index (χ4v) is 3.98. The Kier molecular flexibility index (Phi) is 3.97. The zero-order chi connectivity index (χ0) is 17.6. The van der Waals surface area contributed by atoms with Crippen molar-refractivity contribution in [1.82, 2.24) is 24.7 Å². The van der Waals surface area contributed by atoms with Gasteiger partial charge >= 0.3 is 0 Å². The van der Waals surface area contributed by atoms with Gasteiger partial charge in [0.1, 0.15) is 11.9 Å². The van der Waals surface area contributed by atoms with Crippen molar-refractivity contribution in [2.45, 2.75) is 37.8 Å². The summed E-state index contributed by atoms with van der Waals surface area (Å²) in [5.41, 5.74) is 0. The molecule has 1 aromatic heterocycles. The van der Waals surface area contributed by atoms with E-state index in [0.29, 0.717) is 25.9 Å². The van der Waals surface area contributed by atoms with Gasteiger partial charge in [-0.15, -0.1) is 0 Å². The second-order valence-electron chi connectivity index (χ2n) is 7.13. The number of piperazine rings is 1. The van der Waals surface area contributed by atoms with Gasteiger partial charge in [-0.2, -0.15) is 0 Å². The van der Waals surface area contributed by atoms with E-state index in [9.17, 15) is 14.4 Å². The normalized spacial score (nSPS) is 27.4. The Labute approximate surface area is 146 Å². The maximum absolute atomic E-state index is 13.2. The molecule has 2 aliphatic heterocycles. The molecular weight excluding hydrogens is 322 g/mol. The average molecular weight is 345 g/mol. The summed E-state index contributed by atoms with van der Waals surface area (Å²) in [6, 6.07) is -0.124. The smallest absolute Gasteiger partial charge is 0.239 e. The first-order valence-corrected chi connectivity index (χ1v) is 8.90. The number of piperidine rings is 1. The van der Waals surface area contributed by atoms with Gasteiger partial charge in [-0.1, -0.05) is 0 Å². The molecule has 3 fully saturated rings. The Hall–Kier alpha value is -2.38. The van der Waals surface area contributed by atoms with Crippen molar-refractivity contribution in [3.05, 3.63) is 18.2 Å². The molecule has 0 spiro atoms. The van der Waals surface area contributed by atoms with Crippen molar-refractivity contribution < 1.29 is 14.4 Å². The summed E-state index contributed by atoms with van der Waals surface area (Å²) < 4.78 is 1.89. The Balaban J connectivity index is 1.66. The van der Waals surface area contributed by atoms with Crippen molar-refractivity contribution in [2.75, 3.05) is 19.6 Å². The molecule has 1 aromatic rings. The third-order valence-electron chi connectivity index (χ3n) is 5.37. The first-order valence-electron chi connectivity index (χ1n) is 8.90. The van der Waals surface area contributed by atoms with Crippen LogP contribution in [-0.4, -0.2) is 62.7 Å². The lowest BCUT2D eigenvalue weighted by Gasteiger charge is -2.42. The minimum absolute atomic E-state index is 0.0407. The number of amides is 3. The average Bonchev–Trinajstić information content (AvgIpc) is 3.35. The molecular formula is C17H23N5O3. The molecule has 134 valence electrons. The SMILES string of the molecule is Cn1ccnc1[C@@H]1[C@@H](C(=O)N2CCNC(=O)C2)CCC(=O)N1C1CC1. The van der Waals surface area contributed by atoms with Crippen molar-refractivity contribution in [3.63, 3.8) is 0 Å². The van der Waals surface area contributed by atoms with Crippen LogP contribution in [0.25, 0.3) is 0 Å². The fraction of sp³-hybridized carbons (Fsp3) is 0.647. The van der Waals surface area contributed by atoms with Gasteiger partial charge in [0.2, 0.25) is 17.7 Å². The van der Waals surface area contributed by atoms with Crippen LogP contribution in [0.2, 0.25) is 0 Å². The molecule has 2 saturated heterocycles. The maximum atomic E-state index is 13.2. The molecule has 1 N–H and O–H groups in total. The molecule has 8 nitrogen and oxygen atoms in total. The summed E-state index contributed by atoms with van der Waals surface area (Å²) in [4.78, 5) is 45.4. The van der Waals surface area contributed by atoms with Gasteiger partial charge in [0.15, 0.2) is 0 Å². The highest BCUT2D eigenvalue weighted by molar-refractivity contribution is 5.89. The summed E-state index contributed by atoms with van der Waals surface area (Å²) >= 11 is 0. The fourth-order valence-electron chi connectivity index (χ4n) is 3.98. The summed E-state index contributed by atoms with van der Waals surface area (Å²) in [5.74, 6) is 0.348. The van der Waals surface area contributed by atoms with E-state index in [1.165, 1.54) is 0 Å². The number of imidazole rings is 1. The molecule has 3 amide bonds. The van der Waals surface area contributed by atoms with Gasteiger partial charge in [0.25, 0.3) is 0 Å². The molecule has 2 atom stereocenters. The third-order valence-corrected chi connectivity index (χ3v) is 5.37. The summed E-state index contributed by atoms with van der Waals surface area (Å²) in [6.45, 7) is 1.10. The van der Waals surface area contributed by atoms with Crippen LogP contribution in [0.5, 0.6) is 0 Å². The van der Waals surface area contributed by atoms with Crippen LogP contribution >= 0.6 is 0 Å². The number of nitrogens with zero attached hydrogens (tertiary/aromatic N) is 4. The molecule has 0 radical (unpaired) electrons. The molecule has 4 rings (SSSR count). The molecule has 0 aromatic carbocycles. The van der Waals surface area contributed by atoms with Gasteiger partial charge in [-0.25, -0.2) is 4.98 Å². The van der Waals surface area contributed by atoms with Crippen LogP contribution in [0.15, 0.2) is 12.4 Å². The highest BCUT2D eigenvalue weighted by Gasteiger charge is 2.49. The molecule has 8 heteroatoms. The molecule has 25 heavy (non-hydrogen) atoms. The van der Waals surface area contributed by atoms with Crippen molar-refractivity contribution >= 4 is 17.7 Å². The van der Waals surface area contributed by atoms with Gasteiger partial charge in [-0.05, 0) is 19.3 Å². The van der Waals surface area contributed by atoms with Gasteiger partial charge in [0.05, 0.1) is 12.5 Å². The largest absolute Gasteiger partial charge is 0.353 e. The minimum atomic E-state index is -0.342. The van der Waals surface area contributed by atoms with Gasteiger partial charge < -0.3 is 19.7 Å².